The first kappa shape index (κ1) is 21.7. The van der Waals surface area contributed by atoms with Crippen LogP contribution in [0.3, 0.4) is 0 Å². The summed E-state index contributed by atoms with van der Waals surface area (Å²) in [4.78, 5) is 0. The van der Waals surface area contributed by atoms with Gasteiger partial charge < -0.3 is 10.8 Å². The minimum atomic E-state index is 0.0947. The van der Waals surface area contributed by atoms with Gasteiger partial charge in [-0.05, 0) is 98.0 Å². The molecule has 0 radical (unpaired) electrons. The van der Waals surface area contributed by atoms with Crippen molar-refractivity contribution >= 4 is 0 Å². The number of hydrogen-bond donors (Lipinski definition) is 2. The Kier molecular flexibility index (Phi) is 5.62. The Morgan fingerprint density at radius 1 is 1.16 bits per heavy atom. The van der Waals surface area contributed by atoms with Gasteiger partial charge in [-0.1, -0.05) is 45.3 Å². The maximum Gasteiger partial charge on any atom is 0.0660 e. The summed E-state index contributed by atoms with van der Waals surface area (Å²) in [7, 11) is 0. The van der Waals surface area contributed by atoms with Crippen molar-refractivity contribution in [1.29, 1.82) is 0 Å². The summed E-state index contributed by atoms with van der Waals surface area (Å²) in [5, 5.41) is 15.6. The van der Waals surface area contributed by atoms with Crippen LogP contribution in [0, 0.1) is 34.5 Å². The Labute approximate surface area is 188 Å². The monoisotopic (exact) mass is 425 g/mol. The van der Waals surface area contributed by atoms with Crippen LogP contribution in [0.2, 0.25) is 0 Å². The third-order valence-corrected chi connectivity index (χ3v) is 10.5. The Bertz CT molecular complexity index is 824. The van der Waals surface area contributed by atoms with Gasteiger partial charge in [0.05, 0.1) is 11.7 Å². The van der Waals surface area contributed by atoms with Crippen molar-refractivity contribution in [3.8, 4) is 0 Å². The summed E-state index contributed by atoms with van der Waals surface area (Å²) in [6.07, 6.45) is 15.8. The molecular weight excluding hydrogens is 382 g/mol. The second kappa shape index (κ2) is 8.02. The number of hydrogen-bond acceptors (Lipinski definition) is 3. The Hall–Kier alpha value is -1.13. The minimum absolute atomic E-state index is 0.0947. The van der Waals surface area contributed by atoms with Crippen molar-refractivity contribution in [3.05, 3.63) is 29.6 Å². The lowest BCUT2D eigenvalue weighted by molar-refractivity contribution is -0.0536. The standard InChI is InChI=1S/C27H43N3O/c1-18-9-10-23-22(15-28)24(11-12-26(18,23)2)27(3)14-19-16-30(21-7-5-4-6-8-21)29-25(19)13-20(27)17-31/h16,20-24,31H,1,4-15,17,28H2,2-3H3/t20-,22+,23+,24+,26-,27+/m1/s1. The smallest absolute Gasteiger partial charge is 0.0660 e. The molecule has 1 aromatic rings. The average Bonchev–Trinajstić information content (AvgIpc) is 3.33. The van der Waals surface area contributed by atoms with Crippen molar-refractivity contribution in [2.24, 2.45) is 40.2 Å². The number of rotatable bonds is 4. The van der Waals surface area contributed by atoms with Crippen LogP contribution >= 0.6 is 0 Å². The molecule has 3 N–H and O–H groups in total. The summed E-state index contributed by atoms with van der Waals surface area (Å²) in [6.45, 7) is 10.4. The van der Waals surface area contributed by atoms with Crippen molar-refractivity contribution in [1.82, 2.24) is 9.78 Å². The van der Waals surface area contributed by atoms with Gasteiger partial charge in [-0.15, -0.1) is 0 Å². The van der Waals surface area contributed by atoms with Crippen LogP contribution in [0.1, 0.15) is 88.9 Å². The molecule has 4 aliphatic carbocycles. The molecule has 0 aliphatic heterocycles. The molecule has 1 heterocycles. The molecule has 0 unspecified atom stereocenters. The number of nitrogens with two attached hydrogens (primary N) is 1. The van der Waals surface area contributed by atoms with Crippen LogP contribution in [0.15, 0.2) is 18.3 Å². The Morgan fingerprint density at radius 3 is 2.65 bits per heavy atom. The zero-order valence-corrected chi connectivity index (χ0v) is 19.8. The van der Waals surface area contributed by atoms with E-state index >= 15 is 0 Å². The van der Waals surface area contributed by atoms with E-state index in [-0.39, 0.29) is 23.4 Å². The molecule has 3 saturated carbocycles. The molecule has 172 valence electrons. The second-order valence-electron chi connectivity index (χ2n) is 11.9. The van der Waals surface area contributed by atoms with Gasteiger partial charge in [-0.2, -0.15) is 5.10 Å². The van der Waals surface area contributed by atoms with E-state index in [1.54, 1.807) is 0 Å². The molecule has 0 amide bonds. The van der Waals surface area contributed by atoms with Crippen molar-refractivity contribution in [3.63, 3.8) is 0 Å². The van der Waals surface area contributed by atoms with E-state index in [1.807, 2.05) is 0 Å². The van der Waals surface area contributed by atoms with Crippen molar-refractivity contribution < 1.29 is 5.11 Å². The lowest BCUT2D eigenvalue weighted by Gasteiger charge is -2.55. The third-order valence-electron chi connectivity index (χ3n) is 10.5. The van der Waals surface area contributed by atoms with Gasteiger partial charge in [0, 0.05) is 12.8 Å². The highest BCUT2D eigenvalue weighted by Crippen LogP contribution is 2.62. The van der Waals surface area contributed by atoms with E-state index in [0.29, 0.717) is 23.8 Å². The van der Waals surface area contributed by atoms with Crippen LogP contribution in [-0.2, 0) is 12.8 Å². The summed E-state index contributed by atoms with van der Waals surface area (Å²) in [5.74, 6) is 2.05. The van der Waals surface area contributed by atoms with E-state index in [0.717, 1.165) is 19.4 Å². The first-order valence-corrected chi connectivity index (χ1v) is 13.0. The summed E-state index contributed by atoms with van der Waals surface area (Å²) in [6, 6.07) is 0.579. The molecule has 31 heavy (non-hydrogen) atoms. The number of aromatic nitrogens is 2. The molecule has 0 saturated heterocycles. The van der Waals surface area contributed by atoms with E-state index in [2.05, 4.69) is 31.3 Å². The zero-order chi connectivity index (χ0) is 21.8. The maximum absolute atomic E-state index is 10.5. The van der Waals surface area contributed by atoms with Gasteiger partial charge in [0.25, 0.3) is 0 Å². The topological polar surface area (TPSA) is 64.1 Å². The van der Waals surface area contributed by atoms with Crippen LogP contribution in [0.25, 0.3) is 0 Å². The molecular formula is C27H43N3O. The van der Waals surface area contributed by atoms with Gasteiger partial charge in [0.15, 0.2) is 0 Å². The molecule has 4 aliphatic rings. The van der Waals surface area contributed by atoms with E-state index in [9.17, 15) is 5.11 Å². The molecule has 3 fully saturated rings. The summed E-state index contributed by atoms with van der Waals surface area (Å²) < 4.78 is 2.29. The highest BCUT2D eigenvalue weighted by molar-refractivity contribution is 5.27. The number of aliphatic hydroxyl groups is 1. The van der Waals surface area contributed by atoms with E-state index in [4.69, 9.17) is 10.8 Å². The number of aliphatic hydroxyl groups excluding tert-OH is 1. The molecule has 6 atom stereocenters. The molecule has 4 heteroatoms. The van der Waals surface area contributed by atoms with Gasteiger partial charge in [0.1, 0.15) is 0 Å². The Morgan fingerprint density at radius 2 is 1.94 bits per heavy atom. The highest BCUT2D eigenvalue weighted by atomic mass is 16.3. The minimum Gasteiger partial charge on any atom is -0.396 e. The molecule has 4 nitrogen and oxygen atoms in total. The molecule has 0 bridgehead atoms. The third kappa shape index (κ3) is 3.35. The fraction of sp³-hybridized carbons (Fsp3) is 0.815. The van der Waals surface area contributed by atoms with Gasteiger partial charge in [-0.25, -0.2) is 0 Å². The van der Waals surface area contributed by atoms with Crippen molar-refractivity contribution in [2.75, 3.05) is 13.2 Å². The van der Waals surface area contributed by atoms with Gasteiger partial charge >= 0.3 is 0 Å². The second-order valence-corrected chi connectivity index (χ2v) is 11.9. The molecule has 0 spiro atoms. The zero-order valence-electron chi connectivity index (χ0n) is 19.8. The number of nitrogens with zero attached hydrogens (tertiary/aromatic N) is 2. The predicted molar refractivity (Wildman–Crippen MR) is 126 cm³/mol. The molecule has 5 rings (SSSR count). The van der Waals surface area contributed by atoms with Gasteiger partial charge in [0.2, 0.25) is 0 Å². The number of fused-ring (bicyclic) bond motifs is 2. The largest absolute Gasteiger partial charge is 0.396 e. The summed E-state index contributed by atoms with van der Waals surface area (Å²) in [5.41, 5.74) is 11.0. The SMILES string of the molecule is C=C1CC[C@H]2[C@H](CN)[C@@H]([C@@]3(C)Cc4cn(C5CCCCC5)nc4C[C@@H]3CO)CC[C@]12C. The van der Waals surface area contributed by atoms with Crippen LogP contribution < -0.4 is 5.73 Å². The highest BCUT2D eigenvalue weighted by Gasteiger charge is 2.56. The normalized spacial score (nSPS) is 41.2. The average molecular weight is 426 g/mol. The van der Waals surface area contributed by atoms with Crippen LogP contribution in [0.5, 0.6) is 0 Å². The fourth-order valence-corrected chi connectivity index (χ4v) is 8.39. The number of allylic oxidation sites excluding steroid dienone is 1. The fourth-order valence-electron chi connectivity index (χ4n) is 8.39. The summed E-state index contributed by atoms with van der Waals surface area (Å²) >= 11 is 0. The Balaban J connectivity index is 1.44. The van der Waals surface area contributed by atoms with Crippen LogP contribution in [-0.4, -0.2) is 28.0 Å². The molecule has 1 aromatic heterocycles. The van der Waals surface area contributed by atoms with Crippen molar-refractivity contribution in [2.45, 2.75) is 90.5 Å². The lowest BCUT2D eigenvalue weighted by Crippen LogP contribution is -2.53. The van der Waals surface area contributed by atoms with E-state index in [1.165, 1.54) is 74.6 Å². The van der Waals surface area contributed by atoms with E-state index < -0.39 is 0 Å². The van der Waals surface area contributed by atoms with Crippen LogP contribution in [0.4, 0.5) is 0 Å². The van der Waals surface area contributed by atoms with Gasteiger partial charge in [-0.3, -0.25) is 4.68 Å². The first-order valence-electron chi connectivity index (χ1n) is 13.0. The quantitative estimate of drug-likeness (QED) is 0.663. The lowest BCUT2D eigenvalue weighted by atomic mass is 9.49. The maximum atomic E-state index is 10.5. The first-order chi connectivity index (χ1) is 14.9. The molecule has 0 aromatic carbocycles. The predicted octanol–water partition coefficient (Wildman–Crippen LogP) is 5.06.